The number of fused-ring (bicyclic) bond motifs is 2. The van der Waals surface area contributed by atoms with Crippen LogP contribution in [0.4, 0.5) is 0 Å². The minimum absolute atomic E-state index is 0.333. The number of hydrogen-bond acceptors (Lipinski definition) is 9. The fourth-order valence-electron chi connectivity index (χ4n) is 5.08. The molecule has 0 spiro atoms. The first-order chi connectivity index (χ1) is 16.5. The van der Waals surface area contributed by atoms with Crippen molar-refractivity contribution in [1.29, 1.82) is 0 Å². The van der Waals surface area contributed by atoms with Gasteiger partial charge in [0.1, 0.15) is 24.4 Å². The summed E-state index contributed by atoms with van der Waals surface area (Å²) in [6.45, 7) is 0.333. The average molecular weight is 479 g/mol. The SMILES string of the molecule is COC(=O)/C=C/[C@H]1O[C@H](OC)[C@@H](OCc2ccccc2)[C@H]2O[C@@]3(OC)CCCC[C@]3(OC)O[C@@H]21. The second kappa shape index (κ2) is 10.8. The summed E-state index contributed by atoms with van der Waals surface area (Å²) >= 11 is 0. The summed E-state index contributed by atoms with van der Waals surface area (Å²) in [6, 6.07) is 9.83. The smallest absolute Gasteiger partial charge is 0.330 e. The number of benzene rings is 1. The molecule has 3 fully saturated rings. The van der Waals surface area contributed by atoms with E-state index in [1.165, 1.54) is 13.2 Å². The molecule has 1 aromatic rings. The van der Waals surface area contributed by atoms with Gasteiger partial charge in [-0.15, -0.1) is 0 Å². The molecule has 0 radical (unpaired) electrons. The second-order valence-corrected chi connectivity index (χ2v) is 8.63. The minimum Gasteiger partial charge on any atom is -0.466 e. The lowest BCUT2D eigenvalue weighted by Crippen LogP contribution is -2.75. The summed E-state index contributed by atoms with van der Waals surface area (Å²) in [7, 11) is 6.05. The molecular weight excluding hydrogens is 444 g/mol. The standard InChI is InChI=1S/C25H34O9/c1-27-19(26)13-12-18-20-21(34-25(30-4)15-9-8-14-24(25,29-3)33-20)22(23(28-2)32-18)31-16-17-10-6-5-7-11-17/h5-7,10-13,18,20-23H,8-9,14-16H2,1-4H3/b13-12+/t18-,20-,21+,22+,23+,24+,25+/m1/s1. The number of carbonyl (C=O) groups is 1. The Morgan fingerprint density at radius 2 is 1.65 bits per heavy atom. The number of esters is 1. The third-order valence-electron chi connectivity index (χ3n) is 6.83. The van der Waals surface area contributed by atoms with Gasteiger partial charge in [0.05, 0.1) is 13.7 Å². The Balaban J connectivity index is 1.68. The summed E-state index contributed by atoms with van der Waals surface area (Å²) in [4.78, 5) is 11.8. The summed E-state index contributed by atoms with van der Waals surface area (Å²) in [5.41, 5.74) is 1.00. The van der Waals surface area contributed by atoms with E-state index in [4.69, 9.17) is 37.9 Å². The molecule has 1 aromatic carbocycles. The van der Waals surface area contributed by atoms with E-state index < -0.39 is 48.2 Å². The van der Waals surface area contributed by atoms with Crippen molar-refractivity contribution in [3.05, 3.63) is 48.0 Å². The molecule has 0 bridgehead atoms. The van der Waals surface area contributed by atoms with Crippen molar-refractivity contribution in [2.75, 3.05) is 28.4 Å². The zero-order valence-electron chi connectivity index (χ0n) is 20.1. The van der Waals surface area contributed by atoms with Crippen molar-refractivity contribution in [3.8, 4) is 0 Å². The van der Waals surface area contributed by atoms with Crippen LogP contribution in [0.2, 0.25) is 0 Å². The first-order valence-corrected chi connectivity index (χ1v) is 11.6. The first-order valence-electron chi connectivity index (χ1n) is 11.6. The van der Waals surface area contributed by atoms with Crippen molar-refractivity contribution in [2.24, 2.45) is 0 Å². The van der Waals surface area contributed by atoms with Gasteiger partial charge in [0.2, 0.25) is 11.6 Å². The van der Waals surface area contributed by atoms with E-state index in [0.717, 1.165) is 18.4 Å². The van der Waals surface area contributed by atoms with Crippen LogP contribution in [0.1, 0.15) is 31.2 Å². The molecule has 0 unspecified atom stereocenters. The van der Waals surface area contributed by atoms with Crippen LogP contribution in [0.3, 0.4) is 0 Å². The molecule has 2 saturated heterocycles. The summed E-state index contributed by atoms with van der Waals surface area (Å²) in [6.07, 6.45) is 2.59. The maximum atomic E-state index is 11.8. The molecule has 188 valence electrons. The predicted molar refractivity (Wildman–Crippen MR) is 120 cm³/mol. The number of ether oxygens (including phenoxy) is 8. The van der Waals surface area contributed by atoms with Crippen LogP contribution in [0.15, 0.2) is 42.5 Å². The predicted octanol–water partition coefficient (Wildman–Crippen LogP) is 2.72. The molecule has 2 heterocycles. The fourth-order valence-corrected chi connectivity index (χ4v) is 5.08. The highest BCUT2D eigenvalue weighted by atomic mass is 16.8. The maximum Gasteiger partial charge on any atom is 0.330 e. The van der Waals surface area contributed by atoms with Gasteiger partial charge in [-0.2, -0.15) is 0 Å². The van der Waals surface area contributed by atoms with Crippen LogP contribution >= 0.6 is 0 Å². The van der Waals surface area contributed by atoms with E-state index in [-0.39, 0.29) is 0 Å². The highest BCUT2D eigenvalue weighted by Crippen LogP contribution is 2.51. The molecular formula is C25H34O9. The van der Waals surface area contributed by atoms with Gasteiger partial charge in [-0.25, -0.2) is 4.79 Å². The van der Waals surface area contributed by atoms with E-state index in [2.05, 4.69) is 0 Å². The molecule has 0 amide bonds. The molecule has 1 saturated carbocycles. The number of methoxy groups -OCH3 is 4. The van der Waals surface area contributed by atoms with Gasteiger partial charge in [0, 0.05) is 40.2 Å². The Labute approximate surface area is 200 Å². The fraction of sp³-hybridized carbons (Fsp3) is 0.640. The molecule has 4 rings (SSSR count). The lowest BCUT2D eigenvalue weighted by molar-refractivity contribution is -0.495. The summed E-state index contributed by atoms with van der Waals surface area (Å²) in [5.74, 6) is -2.73. The number of carbonyl (C=O) groups excluding carboxylic acids is 1. The van der Waals surface area contributed by atoms with Crippen LogP contribution in [0.25, 0.3) is 0 Å². The third kappa shape index (κ3) is 4.66. The van der Waals surface area contributed by atoms with E-state index >= 15 is 0 Å². The molecule has 2 aliphatic heterocycles. The quantitative estimate of drug-likeness (QED) is 0.413. The second-order valence-electron chi connectivity index (χ2n) is 8.63. The van der Waals surface area contributed by atoms with Gasteiger partial charge in [-0.05, 0) is 24.5 Å². The topological polar surface area (TPSA) is 90.9 Å². The van der Waals surface area contributed by atoms with Gasteiger partial charge in [0.25, 0.3) is 0 Å². The number of hydrogen-bond donors (Lipinski definition) is 0. The Morgan fingerprint density at radius 3 is 2.24 bits per heavy atom. The van der Waals surface area contributed by atoms with Gasteiger partial charge >= 0.3 is 5.97 Å². The number of rotatable bonds is 8. The van der Waals surface area contributed by atoms with Crippen molar-refractivity contribution in [3.63, 3.8) is 0 Å². The third-order valence-corrected chi connectivity index (χ3v) is 6.83. The molecule has 9 nitrogen and oxygen atoms in total. The molecule has 3 aliphatic rings. The largest absolute Gasteiger partial charge is 0.466 e. The highest BCUT2D eigenvalue weighted by molar-refractivity contribution is 5.81. The maximum absolute atomic E-state index is 11.8. The lowest BCUT2D eigenvalue weighted by Gasteiger charge is -2.60. The van der Waals surface area contributed by atoms with Gasteiger partial charge < -0.3 is 37.9 Å². The van der Waals surface area contributed by atoms with Crippen LogP contribution in [-0.4, -0.2) is 76.7 Å². The van der Waals surface area contributed by atoms with Crippen LogP contribution in [-0.2, 0) is 49.3 Å². The lowest BCUT2D eigenvalue weighted by atomic mass is 9.83. The van der Waals surface area contributed by atoms with E-state index in [1.54, 1.807) is 27.4 Å². The minimum atomic E-state index is -1.12. The first kappa shape index (κ1) is 25.2. The van der Waals surface area contributed by atoms with Crippen molar-refractivity contribution in [1.82, 2.24) is 0 Å². The Kier molecular flexibility index (Phi) is 8.04. The van der Waals surface area contributed by atoms with Gasteiger partial charge in [0.15, 0.2) is 6.29 Å². The van der Waals surface area contributed by atoms with E-state index in [1.807, 2.05) is 30.3 Å². The molecule has 1 aliphatic carbocycles. The average Bonchev–Trinajstić information content (AvgIpc) is 2.89. The monoisotopic (exact) mass is 478 g/mol. The Morgan fingerprint density at radius 1 is 1.00 bits per heavy atom. The van der Waals surface area contributed by atoms with Crippen LogP contribution in [0.5, 0.6) is 0 Å². The van der Waals surface area contributed by atoms with Crippen molar-refractivity contribution >= 4 is 5.97 Å². The normalized spacial score (nSPS) is 37.7. The Bertz CT molecular complexity index is 846. The zero-order valence-corrected chi connectivity index (χ0v) is 20.1. The van der Waals surface area contributed by atoms with Crippen molar-refractivity contribution in [2.45, 2.75) is 74.6 Å². The van der Waals surface area contributed by atoms with Crippen molar-refractivity contribution < 1.29 is 42.7 Å². The summed E-state index contributed by atoms with van der Waals surface area (Å²) < 4.78 is 48.1. The molecule has 0 N–H and O–H groups in total. The molecule has 0 aromatic heterocycles. The van der Waals surface area contributed by atoms with Gasteiger partial charge in [-0.3, -0.25) is 0 Å². The molecule has 7 atom stereocenters. The highest BCUT2D eigenvalue weighted by Gasteiger charge is 2.66. The molecule has 9 heteroatoms. The molecule has 34 heavy (non-hydrogen) atoms. The Hall–Kier alpha value is -1.85. The van der Waals surface area contributed by atoms with Crippen LogP contribution in [0, 0.1) is 0 Å². The summed E-state index contributed by atoms with van der Waals surface area (Å²) in [5, 5.41) is 0. The van der Waals surface area contributed by atoms with E-state index in [0.29, 0.717) is 19.4 Å². The van der Waals surface area contributed by atoms with E-state index in [9.17, 15) is 4.79 Å². The van der Waals surface area contributed by atoms with Gasteiger partial charge in [-0.1, -0.05) is 30.3 Å². The zero-order chi connectivity index (χ0) is 24.2. The van der Waals surface area contributed by atoms with Crippen LogP contribution < -0.4 is 0 Å².